The summed E-state index contributed by atoms with van der Waals surface area (Å²) >= 11 is 0. The van der Waals surface area contributed by atoms with Gasteiger partial charge in [0.05, 0.1) is 27.7 Å². The van der Waals surface area contributed by atoms with Crippen molar-refractivity contribution in [3.8, 4) is 0 Å². The Balaban J connectivity index is 3.96. The van der Waals surface area contributed by atoms with Crippen molar-refractivity contribution in [1.29, 1.82) is 0 Å². The van der Waals surface area contributed by atoms with Gasteiger partial charge in [-0.25, -0.2) is 0 Å². The second-order valence-electron chi connectivity index (χ2n) is 26.3. The molecule has 0 spiro atoms. The molecule has 9 nitrogen and oxygen atoms in total. The summed E-state index contributed by atoms with van der Waals surface area (Å²) in [6.07, 6.45) is 83.8. The second-order valence-corrected chi connectivity index (χ2v) is 27.7. The first kappa shape index (κ1) is 82.2. The standard InChI is InChI=1S/C74H142NO8P/c1-6-8-10-12-14-16-18-20-22-24-26-28-30-32-34-35-36-37-38-39-41-42-44-46-48-50-52-54-56-58-60-62-64-66-73(76)80-70-72(71-82-84(78,79)81-69-68-75(3,4)5)83-74(77)67-65-63-61-59-57-55-53-51-49-47-45-43-40-33-31-29-27-25-23-21-19-17-15-13-11-9-7-2/h19,21,24-27,72H,6-18,20,22-23,28-71H2,1-5H3/b21-19-,26-24-,27-25-. The summed E-state index contributed by atoms with van der Waals surface area (Å²) in [7, 11) is 1.19. The molecule has 0 aliphatic rings. The number of likely N-dealkylation sites (N-methyl/N-ethyl adjacent to an activating group) is 1. The van der Waals surface area contributed by atoms with Crippen LogP contribution in [0.15, 0.2) is 36.5 Å². The number of hydrogen-bond donors (Lipinski definition) is 0. The number of nitrogens with zero attached hydrogens (tertiary/aromatic N) is 1. The molecule has 0 saturated carbocycles. The molecule has 0 heterocycles. The minimum atomic E-state index is -4.64. The van der Waals surface area contributed by atoms with E-state index in [9.17, 15) is 19.0 Å². The predicted molar refractivity (Wildman–Crippen MR) is 361 cm³/mol. The fourth-order valence-electron chi connectivity index (χ4n) is 11.0. The van der Waals surface area contributed by atoms with E-state index in [2.05, 4.69) is 50.3 Å². The van der Waals surface area contributed by atoms with E-state index in [1.54, 1.807) is 0 Å². The Kier molecular flexibility index (Phi) is 64.3. The highest BCUT2D eigenvalue weighted by molar-refractivity contribution is 7.45. The normalized spacial score (nSPS) is 13.3. The highest BCUT2D eigenvalue weighted by Gasteiger charge is 2.22. The number of esters is 2. The minimum absolute atomic E-state index is 0.0282. The van der Waals surface area contributed by atoms with E-state index >= 15 is 0 Å². The molecule has 10 heteroatoms. The number of hydrogen-bond acceptors (Lipinski definition) is 8. The van der Waals surface area contributed by atoms with Gasteiger partial charge in [-0.15, -0.1) is 0 Å². The molecule has 0 aromatic carbocycles. The first-order valence-corrected chi connectivity index (χ1v) is 38.2. The van der Waals surface area contributed by atoms with Crippen LogP contribution in [0.3, 0.4) is 0 Å². The highest BCUT2D eigenvalue weighted by atomic mass is 31.2. The van der Waals surface area contributed by atoms with Gasteiger partial charge in [-0.1, -0.05) is 326 Å². The number of phosphoric acid groups is 1. The molecule has 0 bridgehead atoms. The van der Waals surface area contributed by atoms with Gasteiger partial charge in [0.2, 0.25) is 0 Å². The van der Waals surface area contributed by atoms with Crippen LogP contribution in [0.4, 0.5) is 0 Å². The average Bonchev–Trinajstić information content (AvgIpc) is 3.61. The Hall–Kier alpha value is -1.77. The topological polar surface area (TPSA) is 111 Å². The maximum Gasteiger partial charge on any atom is 0.306 e. The maximum atomic E-state index is 12.9. The Bertz CT molecular complexity index is 1510. The molecule has 0 aromatic heterocycles. The van der Waals surface area contributed by atoms with Gasteiger partial charge < -0.3 is 27.9 Å². The molecule has 0 aromatic rings. The van der Waals surface area contributed by atoms with E-state index in [1.807, 2.05) is 21.1 Å². The van der Waals surface area contributed by atoms with Crippen molar-refractivity contribution in [3.05, 3.63) is 36.5 Å². The first-order valence-electron chi connectivity index (χ1n) is 36.7. The fraction of sp³-hybridized carbons (Fsp3) is 0.892. The van der Waals surface area contributed by atoms with Crippen molar-refractivity contribution in [3.63, 3.8) is 0 Å². The predicted octanol–water partition coefficient (Wildman–Crippen LogP) is 23.2. The van der Waals surface area contributed by atoms with E-state index in [0.717, 1.165) is 38.5 Å². The van der Waals surface area contributed by atoms with Crippen LogP contribution in [0, 0.1) is 0 Å². The third-order valence-corrected chi connectivity index (χ3v) is 17.6. The molecule has 0 saturated heterocycles. The third-order valence-electron chi connectivity index (χ3n) is 16.6. The van der Waals surface area contributed by atoms with E-state index in [1.165, 1.54) is 302 Å². The summed E-state index contributed by atoms with van der Waals surface area (Å²) in [5.74, 6) is -0.812. The van der Waals surface area contributed by atoms with Gasteiger partial charge in [0.1, 0.15) is 19.8 Å². The fourth-order valence-corrected chi connectivity index (χ4v) is 11.7. The van der Waals surface area contributed by atoms with E-state index in [-0.39, 0.29) is 32.0 Å². The van der Waals surface area contributed by atoms with Gasteiger partial charge in [0.15, 0.2) is 6.10 Å². The maximum absolute atomic E-state index is 12.9. The van der Waals surface area contributed by atoms with Gasteiger partial charge in [-0.05, 0) is 70.6 Å². The summed E-state index contributed by atoms with van der Waals surface area (Å²) in [4.78, 5) is 38.1. The zero-order chi connectivity index (χ0) is 61.2. The molecule has 0 N–H and O–H groups in total. The second kappa shape index (κ2) is 65.7. The summed E-state index contributed by atoms with van der Waals surface area (Å²) in [6, 6.07) is 0. The van der Waals surface area contributed by atoms with Crippen molar-refractivity contribution in [2.24, 2.45) is 0 Å². The van der Waals surface area contributed by atoms with Gasteiger partial charge in [0, 0.05) is 12.8 Å². The molecular formula is C74H142NO8P. The lowest BCUT2D eigenvalue weighted by Gasteiger charge is -2.28. The van der Waals surface area contributed by atoms with Crippen molar-refractivity contribution in [1.82, 2.24) is 0 Å². The van der Waals surface area contributed by atoms with Crippen LogP contribution in [0.25, 0.3) is 0 Å². The molecule has 2 unspecified atom stereocenters. The number of carbonyl (C=O) groups excluding carboxylic acids is 2. The summed E-state index contributed by atoms with van der Waals surface area (Å²) < 4.78 is 34.4. The number of ether oxygens (including phenoxy) is 2. The van der Waals surface area contributed by atoms with Crippen molar-refractivity contribution >= 4 is 19.8 Å². The summed E-state index contributed by atoms with van der Waals surface area (Å²) in [5.41, 5.74) is 0. The van der Waals surface area contributed by atoms with E-state index < -0.39 is 26.5 Å². The Morgan fingerprint density at radius 3 is 0.952 bits per heavy atom. The van der Waals surface area contributed by atoms with Gasteiger partial charge in [-0.2, -0.15) is 0 Å². The van der Waals surface area contributed by atoms with Crippen LogP contribution in [-0.2, 0) is 32.7 Å². The van der Waals surface area contributed by atoms with Crippen LogP contribution in [-0.4, -0.2) is 70.0 Å². The first-order chi connectivity index (χ1) is 41.0. The molecule has 0 radical (unpaired) electrons. The Labute approximate surface area is 522 Å². The monoisotopic (exact) mass is 1200 g/mol. The van der Waals surface area contributed by atoms with Gasteiger partial charge >= 0.3 is 11.9 Å². The van der Waals surface area contributed by atoms with Crippen molar-refractivity contribution in [2.75, 3.05) is 47.5 Å². The average molecular weight is 1200 g/mol. The van der Waals surface area contributed by atoms with Crippen LogP contribution >= 0.6 is 7.82 Å². The lowest BCUT2D eigenvalue weighted by atomic mass is 10.0. The van der Waals surface area contributed by atoms with Crippen molar-refractivity contribution < 1.29 is 42.1 Å². The van der Waals surface area contributed by atoms with Crippen LogP contribution < -0.4 is 4.89 Å². The molecule has 0 rings (SSSR count). The molecular weight excluding hydrogens is 1060 g/mol. The van der Waals surface area contributed by atoms with Gasteiger partial charge in [-0.3, -0.25) is 14.2 Å². The number of allylic oxidation sites excluding steroid dienone is 6. The van der Waals surface area contributed by atoms with Crippen LogP contribution in [0.1, 0.15) is 373 Å². The van der Waals surface area contributed by atoms with Crippen LogP contribution in [0.2, 0.25) is 0 Å². The molecule has 0 amide bonds. The molecule has 496 valence electrons. The van der Waals surface area contributed by atoms with E-state index in [0.29, 0.717) is 17.4 Å². The molecule has 84 heavy (non-hydrogen) atoms. The highest BCUT2D eigenvalue weighted by Crippen LogP contribution is 2.38. The van der Waals surface area contributed by atoms with Crippen molar-refractivity contribution in [2.45, 2.75) is 380 Å². The number of phosphoric ester groups is 1. The summed E-state index contributed by atoms with van der Waals surface area (Å²) in [6.45, 7) is 4.30. The number of rotatable bonds is 69. The lowest BCUT2D eigenvalue weighted by Crippen LogP contribution is -2.37. The molecule has 0 aliphatic heterocycles. The quantitative estimate of drug-likeness (QED) is 0.0195. The number of carbonyl (C=O) groups is 2. The third kappa shape index (κ3) is 69.3. The van der Waals surface area contributed by atoms with Crippen LogP contribution in [0.5, 0.6) is 0 Å². The summed E-state index contributed by atoms with van der Waals surface area (Å²) in [5, 5.41) is 0. The molecule has 0 aliphatic carbocycles. The van der Waals surface area contributed by atoms with E-state index in [4.69, 9.17) is 18.5 Å². The minimum Gasteiger partial charge on any atom is -0.756 e. The SMILES string of the molecule is CCCCCCC/C=C\C/C=C\CCCCCCCCCCCCCCCCCC(=O)OC(COC(=O)CCCCCCCCCCCCCCCCCCCCCCC/C=C\CCCCCCCCCC)COP(=O)([O-])OCC[N+](C)(C)C. The largest absolute Gasteiger partial charge is 0.756 e. The zero-order valence-electron chi connectivity index (χ0n) is 56.6. The Morgan fingerprint density at radius 1 is 0.369 bits per heavy atom. The number of unbranched alkanes of at least 4 members (excludes halogenated alkanes) is 49. The smallest absolute Gasteiger partial charge is 0.306 e. The zero-order valence-corrected chi connectivity index (χ0v) is 57.5. The number of quaternary nitrogens is 1. The Morgan fingerprint density at radius 2 is 0.643 bits per heavy atom. The molecule has 2 atom stereocenters. The molecule has 0 fully saturated rings. The van der Waals surface area contributed by atoms with Gasteiger partial charge in [0.25, 0.3) is 7.82 Å². The lowest BCUT2D eigenvalue weighted by molar-refractivity contribution is -0.870.